The zero-order valence-electron chi connectivity index (χ0n) is 15.7. The molecule has 116 valence electrons. The van der Waals surface area contributed by atoms with Crippen molar-refractivity contribution in [3.05, 3.63) is 34.4 Å². The lowest BCUT2D eigenvalue weighted by Gasteiger charge is -2.54. The summed E-state index contributed by atoms with van der Waals surface area (Å²) in [6, 6.07) is 4.77. The van der Waals surface area contributed by atoms with Gasteiger partial charge in [0.1, 0.15) is 0 Å². The molecule has 2 bridgehead atoms. The monoisotopic (exact) mass is 284 g/mol. The van der Waals surface area contributed by atoms with Crippen LogP contribution in [0, 0.1) is 30.1 Å². The zero-order valence-corrected chi connectivity index (χ0v) is 15.7. The highest BCUT2D eigenvalue weighted by Crippen LogP contribution is 2.83. The molecule has 2 aliphatic rings. The minimum Gasteiger partial charge on any atom is -0.0587 e. The summed E-state index contributed by atoms with van der Waals surface area (Å²) in [5.74, 6) is 0. The molecule has 0 nitrogen and oxygen atoms in total. The van der Waals surface area contributed by atoms with E-state index in [1.165, 1.54) is 11.1 Å². The molecule has 3 rings (SSSR count). The lowest BCUT2D eigenvalue weighted by molar-refractivity contribution is 0.0407. The molecule has 0 heterocycles. The number of fused-ring (bicyclic) bond motifs is 5. The van der Waals surface area contributed by atoms with Crippen LogP contribution in [0.3, 0.4) is 0 Å². The molecule has 0 N–H and O–H groups in total. The molecule has 1 aromatic carbocycles. The summed E-state index contributed by atoms with van der Waals surface area (Å²) in [6.07, 6.45) is 0. The maximum absolute atomic E-state index is 2.54. The Labute approximate surface area is 131 Å². The van der Waals surface area contributed by atoms with E-state index in [0.29, 0.717) is 0 Å². The van der Waals surface area contributed by atoms with Crippen LogP contribution in [0.1, 0.15) is 77.6 Å². The van der Waals surface area contributed by atoms with Crippen molar-refractivity contribution in [3.8, 4) is 0 Å². The van der Waals surface area contributed by atoms with E-state index in [1.807, 2.05) is 0 Å². The Balaban J connectivity index is 2.56. The largest absolute Gasteiger partial charge is 0.0587 e. The third kappa shape index (κ3) is 1.06. The summed E-state index contributed by atoms with van der Waals surface area (Å²) in [4.78, 5) is 0. The van der Waals surface area contributed by atoms with E-state index in [1.54, 1.807) is 11.1 Å². The number of hydrogen-bond acceptors (Lipinski definition) is 0. The Bertz CT molecular complexity index is 644. The van der Waals surface area contributed by atoms with Crippen molar-refractivity contribution in [3.63, 3.8) is 0 Å². The molecule has 2 atom stereocenters. The minimum atomic E-state index is 0.212. The van der Waals surface area contributed by atoms with Gasteiger partial charge < -0.3 is 0 Å². The van der Waals surface area contributed by atoms with Gasteiger partial charge in [-0.1, -0.05) is 67.5 Å². The fourth-order valence-corrected chi connectivity index (χ4v) is 6.49. The van der Waals surface area contributed by atoms with Crippen molar-refractivity contribution in [2.75, 3.05) is 0 Å². The Morgan fingerprint density at radius 3 is 1.62 bits per heavy atom. The highest BCUT2D eigenvalue weighted by molar-refractivity contribution is 5.61. The number of benzene rings is 1. The van der Waals surface area contributed by atoms with E-state index in [2.05, 4.69) is 81.4 Å². The SMILES string of the molecule is Cc1ccc2c(c1C)C1(C)C(C)(C)C(C)(C)C2(C)C1(C)C. The fourth-order valence-electron chi connectivity index (χ4n) is 6.49. The second kappa shape index (κ2) is 3.42. The summed E-state index contributed by atoms with van der Waals surface area (Å²) in [5.41, 5.74) is 7.45. The van der Waals surface area contributed by atoms with Crippen molar-refractivity contribution < 1.29 is 0 Å². The van der Waals surface area contributed by atoms with Crippen LogP contribution in [0.15, 0.2) is 12.1 Å². The smallest absolute Gasteiger partial charge is 0.00466 e. The fraction of sp³-hybridized carbons (Fsp3) is 0.714. The van der Waals surface area contributed by atoms with Crippen molar-refractivity contribution in [2.24, 2.45) is 16.2 Å². The third-order valence-electron chi connectivity index (χ3n) is 9.34. The molecule has 1 saturated carbocycles. The minimum absolute atomic E-state index is 0.212. The first-order valence-electron chi connectivity index (χ1n) is 8.41. The molecule has 0 radical (unpaired) electrons. The summed E-state index contributed by atoms with van der Waals surface area (Å²) in [7, 11) is 0. The molecule has 21 heavy (non-hydrogen) atoms. The molecule has 0 spiro atoms. The average molecular weight is 284 g/mol. The third-order valence-corrected chi connectivity index (χ3v) is 9.34. The summed E-state index contributed by atoms with van der Waals surface area (Å²) in [6.45, 7) is 24.7. The van der Waals surface area contributed by atoms with E-state index in [9.17, 15) is 0 Å². The van der Waals surface area contributed by atoms with Gasteiger partial charge in [-0.15, -0.1) is 0 Å². The van der Waals surface area contributed by atoms with Gasteiger partial charge in [-0.2, -0.15) is 0 Å². The summed E-state index contributed by atoms with van der Waals surface area (Å²) < 4.78 is 0. The van der Waals surface area contributed by atoms with Crippen molar-refractivity contribution >= 4 is 0 Å². The van der Waals surface area contributed by atoms with Crippen LogP contribution < -0.4 is 0 Å². The normalized spacial score (nSPS) is 37.6. The number of hydrogen-bond donors (Lipinski definition) is 0. The van der Waals surface area contributed by atoms with Gasteiger partial charge in [0.15, 0.2) is 0 Å². The van der Waals surface area contributed by atoms with Gasteiger partial charge >= 0.3 is 0 Å². The van der Waals surface area contributed by atoms with Crippen LogP contribution in [0.25, 0.3) is 0 Å². The molecular formula is C21H32. The summed E-state index contributed by atoms with van der Waals surface area (Å²) in [5, 5.41) is 0. The van der Waals surface area contributed by atoms with Crippen molar-refractivity contribution in [1.82, 2.24) is 0 Å². The first kappa shape index (κ1) is 15.1. The summed E-state index contributed by atoms with van der Waals surface area (Å²) >= 11 is 0. The molecule has 2 unspecified atom stereocenters. The molecule has 2 aliphatic carbocycles. The standard InChI is InChI=1S/C21H32/c1-13-11-12-15-16(14(13)2)21(10)18(5,6)17(3,4)20(15,9)19(21,7)8/h11-12H,1-10H3. The molecule has 0 aliphatic heterocycles. The van der Waals surface area contributed by atoms with Gasteiger partial charge in [-0.05, 0) is 52.3 Å². The quantitative estimate of drug-likeness (QED) is 0.554. The Kier molecular flexibility index (Phi) is 2.46. The van der Waals surface area contributed by atoms with Crippen LogP contribution in [0.5, 0.6) is 0 Å². The van der Waals surface area contributed by atoms with E-state index in [-0.39, 0.29) is 27.1 Å². The van der Waals surface area contributed by atoms with E-state index in [0.717, 1.165) is 0 Å². The maximum Gasteiger partial charge on any atom is 0.00466 e. The van der Waals surface area contributed by atoms with Crippen molar-refractivity contribution in [2.45, 2.75) is 80.1 Å². The van der Waals surface area contributed by atoms with Crippen LogP contribution in [0.2, 0.25) is 0 Å². The van der Waals surface area contributed by atoms with Gasteiger partial charge in [0, 0.05) is 10.8 Å². The average Bonchev–Trinajstić information content (AvgIpc) is 2.54. The van der Waals surface area contributed by atoms with Crippen LogP contribution in [-0.4, -0.2) is 0 Å². The van der Waals surface area contributed by atoms with Crippen LogP contribution in [0.4, 0.5) is 0 Å². The van der Waals surface area contributed by atoms with E-state index in [4.69, 9.17) is 0 Å². The molecule has 1 aromatic rings. The van der Waals surface area contributed by atoms with E-state index < -0.39 is 0 Å². The van der Waals surface area contributed by atoms with Gasteiger partial charge in [0.05, 0.1) is 0 Å². The topological polar surface area (TPSA) is 0 Å². The first-order chi connectivity index (χ1) is 9.30. The van der Waals surface area contributed by atoms with Gasteiger partial charge in [0.2, 0.25) is 0 Å². The Morgan fingerprint density at radius 1 is 0.619 bits per heavy atom. The van der Waals surface area contributed by atoms with Crippen LogP contribution in [-0.2, 0) is 10.8 Å². The maximum atomic E-state index is 2.54. The Hall–Kier alpha value is -0.780. The predicted molar refractivity (Wildman–Crippen MR) is 92.0 cm³/mol. The van der Waals surface area contributed by atoms with E-state index >= 15 is 0 Å². The van der Waals surface area contributed by atoms with Gasteiger partial charge in [-0.3, -0.25) is 0 Å². The number of rotatable bonds is 0. The second-order valence-electron chi connectivity index (χ2n) is 9.56. The van der Waals surface area contributed by atoms with Gasteiger partial charge in [0.25, 0.3) is 0 Å². The number of aryl methyl sites for hydroxylation is 1. The molecule has 0 aromatic heterocycles. The van der Waals surface area contributed by atoms with Crippen molar-refractivity contribution in [1.29, 1.82) is 0 Å². The molecule has 1 fully saturated rings. The molecule has 0 heteroatoms. The van der Waals surface area contributed by atoms with Gasteiger partial charge in [-0.25, -0.2) is 0 Å². The first-order valence-corrected chi connectivity index (χ1v) is 8.41. The lowest BCUT2D eigenvalue weighted by Crippen LogP contribution is -2.50. The highest BCUT2D eigenvalue weighted by Gasteiger charge is 2.80. The molecule has 0 saturated heterocycles. The molecular weight excluding hydrogens is 252 g/mol. The lowest BCUT2D eigenvalue weighted by atomic mass is 9.49. The second-order valence-corrected chi connectivity index (χ2v) is 9.56. The predicted octanol–water partition coefficient (Wildman–Crippen LogP) is 5.92. The highest BCUT2D eigenvalue weighted by atomic mass is 14.8. The van der Waals surface area contributed by atoms with Crippen LogP contribution >= 0.6 is 0 Å². The molecule has 0 amide bonds. The Morgan fingerprint density at radius 2 is 1.10 bits per heavy atom. The zero-order chi connectivity index (χ0) is 16.2.